The predicted octanol–water partition coefficient (Wildman–Crippen LogP) is 0.371. The second-order valence-electron chi connectivity index (χ2n) is 3.61. The van der Waals surface area contributed by atoms with E-state index in [4.69, 9.17) is 10.5 Å². The molecule has 1 unspecified atom stereocenters. The number of nitrogens with one attached hydrogen (secondary N) is 1. The summed E-state index contributed by atoms with van der Waals surface area (Å²) in [6.45, 7) is 4.76. The maximum atomic E-state index is 11.6. The summed E-state index contributed by atoms with van der Waals surface area (Å²) in [5.74, 6) is -0.240. The van der Waals surface area contributed by atoms with Gasteiger partial charge in [0.2, 0.25) is 5.91 Å². The Morgan fingerprint density at radius 2 is 2.59 bits per heavy atom. The van der Waals surface area contributed by atoms with E-state index in [9.17, 15) is 4.79 Å². The number of ether oxygens (including phenoxy) is 1. The molecule has 1 rings (SSSR count). The lowest BCUT2D eigenvalue weighted by atomic mass is 10.2. The van der Waals surface area contributed by atoms with Crippen LogP contribution in [0.1, 0.15) is 6.42 Å². The molecule has 94 valence electrons. The monoisotopic (exact) mass is 238 g/mol. The summed E-state index contributed by atoms with van der Waals surface area (Å²) < 4.78 is 6.62. The molecule has 1 amide bonds. The largest absolute Gasteiger partial charge is 0.383 e. The topological polar surface area (TPSA) is 82.2 Å². The first-order valence-electron chi connectivity index (χ1n) is 5.36. The quantitative estimate of drug-likeness (QED) is 0.672. The van der Waals surface area contributed by atoms with Gasteiger partial charge in [0, 0.05) is 13.3 Å². The Morgan fingerprint density at radius 1 is 1.82 bits per heavy atom. The number of carbonyl (C=O) groups excluding carboxylic acids is 1. The summed E-state index contributed by atoms with van der Waals surface area (Å²) >= 11 is 0. The molecule has 3 N–H and O–H groups in total. The van der Waals surface area contributed by atoms with Crippen molar-refractivity contribution in [3.63, 3.8) is 0 Å². The molecule has 1 heterocycles. The lowest BCUT2D eigenvalue weighted by Gasteiger charge is -2.08. The van der Waals surface area contributed by atoms with Crippen LogP contribution in [0.5, 0.6) is 0 Å². The first kappa shape index (κ1) is 13.4. The molecule has 6 nitrogen and oxygen atoms in total. The Bertz CT molecular complexity index is 375. The van der Waals surface area contributed by atoms with E-state index in [0.717, 1.165) is 0 Å². The normalized spacial score (nSPS) is 12.1. The van der Waals surface area contributed by atoms with E-state index in [1.807, 2.05) is 0 Å². The molecule has 0 fully saturated rings. The van der Waals surface area contributed by atoms with Gasteiger partial charge in [-0.25, -0.2) is 0 Å². The van der Waals surface area contributed by atoms with E-state index < -0.39 is 6.04 Å². The highest BCUT2D eigenvalue weighted by molar-refractivity contribution is 5.94. The molecule has 0 bridgehead atoms. The summed E-state index contributed by atoms with van der Waals surface area (Å²) in [4.78, 5) is 11.6. The summed E-state index contributed by atoms with van der Waals surface area (Å²) in [5, 5.41) is 6.76. The van der Waals surface area contributed by atoms with Gasteiger partial charge < -0.3 is 15.8 Å². The van der Waals surface area contributed by atoms with E-state index in [2.05, 4.69) is 17.0 Å². The highest BCUT2D eigenvalue weighted by atomic mass is 16.5. The van der Waals surface area contributed by atoms with Gasteiger partial charge in [-0.05, 0) is 6.42 Å². The molecule has 6 heteroatoms. The van der Waals surface area contributed by atoms with Gasteiger partial charge in [0.15, 0.2) is 0 Å². The van der Waals surface area contributed by atoms with E-state index >= 15 is 0 Å². The molecule has 0 aliphatic rings. The third-order valence-electron chi connectivity index (χ3n) is 2.18. The van der Waals surface area contributed by atoms with Crippen LogP contribution < -0.4 is 11.1 Å². The number of rotatable bonds is 7. The lowest BCUT2D eigenvalue weighted by Crippen LogP contribution is -2.34. The average molecular weight is 238 g/mol. The third kappa shape index (κ3) is 4.38. The van der Waals surface area contributed by atoms with Crippen molar-refractivity contribution >= 4 is 11.6 Å². The zero-order chi connectivity index (χ0) is 12.7. The summed E-state index contributed by atoms with van der Waals surface area (Å²) in [6, 6.07) is -0.574. The van der Waals surface area contributed by atoms with Crippen molar-refractivity contribution in [2.45, 2.75) is 19.0 Å². The minimum Gasteiger partial charge on any atom is -0.383 e. The molecule has 1 aromatic rings. The molecule has 1 atom stereocenters. The van der Waals surface area contributed by atoms with Gasteiger partial charge in [-0.3, -0.25) is 9.48 Å². The summed E-state index contributed by atoms with van der Waals surface area (Å²) in [5.41, 5.74) is 6.26. The molecule has 0 radical (unpaired) electrons. The molecule has 0 spiro atoms. The fourth-order valence-corrected chi connectivity index (χ4v) is 1.26. The lowest BCUT2D eigenvalue weighted by molar-refractivity contribution is -0.117. The smallest absolute Gasteiger partial charge is 0.241 e. The van der Waals surface area contributed by atoms with Crippen molar-refractivity contribution in [1.29, 1.82) is 0 Å². The van der Waals surface area contributed by atoms with Crippen LogP contribution in [-0.4, -0.2) is 35.4 Å². The zero-order valence-corrected chi connectivity index (χ0v) is 9.93. The first-order chi connectivity index (χ1) is 8.17. The number of nitrogens with two attached hydrogens (primary N) is 1. The minimum absolute atomic E-state index is 0.240. The van der Waals surface area contributed by atoms with Crippen LogP contribution in [0.3, 0.4) is 0 Å². The van der Waals surface area contributed by atoms with Crippen LogP contribution in [0.25, 0.3) is 0 Å². The average Bonchev–Trinajstić information content (AvgIpc) is 2.74. The van der Waals surface area contributed by atoms with Crippen LogP contribution in [0.4, 0.5) is 5.69 Å². The molecule has 1 aromatic heterocycles. The Hall–Kier alpha value is -1.66. The second kappa shape index (κ2) is 6.82. The van der Waals surface area contributed by atoms with Crippen LogP contribution in [0, 0.1) is 0 Å². The van der Waals surface area contributed by atoms with Crippen molar-refractivity contribution in [2.75, 3.05) is 19.0 Å². The number of carbonyl (C=O) groups is 1. The third-order valence-corrected chi connectivity index (χ3v) is 2.18. The van der Waals surface area contributed by atoms with E-state index in [0.29, 0.717) is 25.3 Å². The number of amides is 1. The Morgan fingerprint density at radius 3 is 3.24 bits per heavy atom. The van der Waals surface area contributed by atoms with Gasteiger partial charge in [0.1, 0.15) is 0 Å². The van der Waals surface area contributed by atoms with Gasteiger partial charge in [-0.2, -0.15) is 5.10 Å². The van der Waals surface area contributed by atoms with E-state index in [1.165, 1.54) is 0 Å². The number of nitrogens with zero attached hydrogens (tertiary/aromatic N) is 2. The number of aromatic nitrogens is 2. The summed E-state index contributed by atoms with van der Waals surface area (Å²) in [6.07, 6.45) is 5.38. The zero-order valence-electron chi connectivity index (χ0n) is 9.93. The molecule has 0 aliphatic heterocycles. The molecule has 17 heavy (non-hydrogen) atoms. The minimum atomic E-state index is -0.574. The molecule has 0 aliphatic carbocycles. The van der Waals surface area contributed by atoms with Crippen molar-refractivity contribution < 1.29 is 9.53 Å². The van der Waals surface area contributed by atoms with Crippen LogP contribution in [-0.2, 0) is 16.1 Å². The Balaban J connectivity index is 2.48. The number of anilines is 1. The van der Waals surface area contributed by atoms with Gasteiger partial charge in [-0.15, -0.1) is 6.58 Å². The first-order valence-corrected chi connectivity index (χ1v) is 5.36. The molecular formula is C11H18N4O2. The number of methoxy groups -OCH3 is 1. The van der Waals surface area contributed by atoms with E-state index in [1.54, 1.807) is 30.3 Å². The van der Waals surface area contributed by atoms with Gasteiger partial charge in [0.25, 0.3) is 0 Å². The summed E-state index contributed by atoms with van der Waals surface area (Å²) in [7, 11) is 1.63. The Labute approximate surface area is 100 Å². The highest BCUT2D eigenvalue weighted by Gasteiger charge is 2.12. The van der Waals surface area contributed by atoms with Crippen molar-refractivity contribution in [2.24, 2.45) is 5.73 Å². The Kier molecular flexibility index (Phi) is 5.38. The second-order valence-corrected chi connectivity index (χ2v) is 3.61. The SMILES string of the molecule is C=CCC(N)C(=O)Nc1cnn(CCOC)c1. The molecule has 0 aromatic carbocycles. The van der Waals surface area contributed by atoms with Crippen molar-refractivity contribution in [3.8, 4) is 0 Å². The van der Waals surface area contributed by atoms with Crippen LogP contribution in [0.15, 0.2) is 25.0 Å². The predicted molar refractivity (Wildman–Crippen MR) is 65.5 cm³/mol. The maximum Gasteiger partial charge on any atom is 0.241 e. The van der Waals surface area contributed by atoms with E-state index in [-0.39, 0.29) is 5.91 Å². The fraction of sp³-hybridized carbons (Fsp3) is 0.455. The fourth-order valence-electron chi connectivity index (χ4n) is 1.26. The molecule has 0 saturated carbocycles. The standard InChI is InChI=1S/C11H18N4O2/c1-3-4-10(12)11(16)14-9-7-13-15(8-9)5-6-17-2/h3,7-8,10H,1,4-6,12H2,2H3,(H,14,16). The number of hydrogen-bond acceptors (Lipinski definition) is 4. The van der Waals surface area contributed by atoms with Gasteiger partial charge >= 0.3 is 0 Å². The van der Waals surface area contributed by atoms with Crippen molar-refractivity contribution in [1.82, 2.24) is 9.78 Å². The van der Waals surface area contributed by atoms with Crippen LogP contribution >= 0.6 is 0 Å². The van der Waals surface area contributed by atoms with Crippen LogP contribution in [0.2, 0.25) is 0 Å². The number of hydrogen-bond donors (Lipinski definition) is 2. The van der Waals surface area contributed by atoms with Gasteiger partial charge in [0.05, 0.1) is 31.1 Å². The highest BCUT2D eigenvalue weighted by Crippen LogP contribution is 2.05. The van der Waals surface area contributed by atoms with Gasteiger partial charge in [-0.1, -0.05) is 6.08 Å². The maximum absolute atomic E-state index is 11.6. The molecular weight excluding hydrogens is 220 g/mol. The van der Waals surface area contributed by atoms with Crippen molar-refractivity contribution in [3.05, 3.63) is 25.0 Å². The molecule has 0 saturated heterocycles.